The van der Waals surface area contributed by atoms with E-state index in [2.05, 4.69) is 4.90 Å². The molecule has 8 nitrogen and oxygen atoms in total. The maximum Gasteiger partial charge on any atom is 0.417 e. The van der Waals surface area contributed by atoms with Crippen molar-refractivity contribution < 1.29 is 32.2 Å². The Kier molecular flexibility index (Phi) is 10.4. The lowest BCUT2D eigenvalue weighted by atomic mass is 9.93. The molecule has 0 radical (unpaired) electrons. The Morgan fingerprint density at radius 1 is 1.13 bits per heavy atom. The number of ether oxygens (including phenoxy) is 2. The smallest absolute Gasteiger partial charge is 0.417 e. The third-order valence-corrected chi connectivity index (χ3v) is 9.01. The molecule has 0 aliphatic carbocycles. The van der Waals surface area contributed by atoms with Crippen LogP contribution >= 0.6 is 12.2 Å². The number of anilines is 2. The fourth-order valence-electron chi connectivity index (χ4n) is 5.96. The predicted octanol–water partition coefficient (Wildman–Crippen LogP) is 6.49. The van der Waals surface area contributed by atoms with E-state index in [0.29, 0.717) is 31.2 Å². The van der Waals surface area contributed by atoms with E-state index in [1.165, 1.54) is 6.07 Å². The van der Waals surface area contributed by atoms with E-state index in [1.807, 2.05) is 32.9 Å². The second-order valence-electron chi connectivity index (χ2n) is 11.8. The number of nitrogens with zero attached hydrogens (tertiary/aromatic N) is 4. The summed E-state index contributed by atoms with van der Waals surface area (Å²) >= 11 is 5.68. The van der Waals surface area contributed by atoms with Crippen molar-refractivity contribution in [1.82, 2.24) is 4.90 Å². The highest BCUT2D eigenvalue weighted by Gasteiger charge is 2.51. The molecular formula is C33H39F3N4O4S. The Bertz CT molecular complexity index is 1480. The minimum atomic E-state index is -4.77. The lowest BCUT2D eigenvalue weighted by molar-refractivity contribution is -0.149. The summed E-state index contributed by atoms with van der Waals surface area (Å²) in [6.45, 7) is 11.6. The summed E-state index contributed by atoms with van der Waals surface area (Å²) in [5.74, 6) is 0.545. The number of amides is 1. The third-order valence-electron chi connectivity index (χ3n) is 8.65. The number of likely N-dealkylation sites (tertiary alicyclic amines) is 1. The molecule has 1 atom stereocenters. The van der Waals surface area contributed by atoms with Crippen LogP contribution in [-0.2, 0) is 26.9 Å². The van der Waals surface area contributed by atoms with Gasteiger partial charge in [0.05, 0.1) is 36.1 Å². The van der Waals surface area contributed by atoms with Crippen molar-refractivity contribution in [3.05, 3.63) is 53.1 Å². The van der Waals surface area contributed by atoms with Gasteiger partial charge in [-0.25, -0.2) is 0 Å². The first-order valence-electron chi connectivity index (χ1n) is 15.2. The van der Waals surface area contributed by atoms with Gasteiger partial charge in [-0.1, -0.05) is 6.92 Å². The molecule has 12 heteroatoms. The van der Waals surface area contributed by atoms with Crippen LogP contribution in [0.5, 0.6) is 5.75 Å². The van der Waals surface area contributed by atoms with Gasteiger partial charge in [0.15, 0.2) is 5.11 Å². The van der Waals surface area contributed by atoms with Crippen LogP contribution in [0.3, 0.4) is 0 Å². The van der Waals surface area contributed by atoms with Crippen LogP contribution in [-0.4, -0.2) is 59.8 Å². The zero-order chi connectivity index (χ0) is 33.1. The number of hydrogen-bond donors (Lipinski definition) is 0. The number of piperidine rings is 1. The highest BCUT2D eigenvalue weighted by Crippen LogP contribution is 2.40. The summed E-state index contributed by atoms with van der Waals surface area (Å²) in [6.07, 6.45) is -1.29. The van der Waals surface area contributed by atoms with Crippen LogP contribution in [0.1, 0.15) is 70.6 Å². The average molecular weight is 645 g/mol. The molecule has 0 N–H and O–H groups in total. The molecule has 0 bridgehead atoms. The number of alkyl halides is 3. The van der Waals surface area contributed by atoms with E-state index in [9.17, 15) is 28.0 Å². The standard InChI is InChI=1S/C33H39F3N4O4S/c1-6-23-18-26(10-11-28(23)44-17-14-22-12-15-38(16-13-22)21(3)29(41)43-7-2)40-31(45)39(30(42)32(40,4)5)25-9-8-24(20-37)27(19-25)33(34,35)36/h8-11,18-19,21-22H,6-7,12-17H2,1-5H3. The molecule has 1 unspecified atom stereocenters. The Hall–Kier alpha value is -3.69. The van der Waals surface area contributed by atoms with Crippen molar-refractivity contribution in [2.75, 3.05) is 36.1 Å². The molecule has 2 aromatic rings. The zero-order valence-corrected chi connectivity index (χ0v) is 27.1. The van der Waals surface area contributed by atoms with Crippen LogP contribution in [0.2, 0.25) is 0 Å². The number of rotatable bonds is 10. The van der Waals surface area contributed by atoms with Crippen molar-refractivity contribution in [2.45, 2.75) is 78.1 Å². The van der Waals surface area contributed by atoms with Crippen LogP contribution in [0.15, 0.2) is 36.4 Å². The first-order chi connectivity index (χ1) is 21.2. The van der Waals surface area contributed by atoms with Crippen LogP contribution in [0, 0.1) is 17.2 Å². The summed E-state index contributed by atoms with van der Waals surface area (Å²) < 4.78 is 52.4. The molecule has 0 saturated carbocycles. The Labute approximate surface area is 267 Å². The molecule has 2 aliphatic rings. The maximum absolute atomic E-state index is 13.7. The van der Waals surface area contributed by atoms with E-state index in [-0.39, 0.29) is 22.8 Å². The quantitative estimate of drug-likeness (QED) is 0.215. The van der Waals surface area contributed by atoms with Crippen molar-refractivity contribution >= 4 is 40.6 Å². The number of nitriles is 1. The first kappa shape index (κ1) is 34.2. The molecule has 242 valence electrons. The number of thiocarbonyl (C=S) groups is 1. The van der Waals surface area contributed by atoms with E-state index in [4.69, 9.17) is 21.7 Å². The van der Waals surface area contributed by atoms with Crippen molar-refractivity contribution in [3.8, 4) is 11.8 Å². The zero-order valence-electron chi connectivity index (χ0n) is 26.2. The molecule has 2 saturated heterocycles. The molecule has 2 fully saturated rings. The van der Waals surface area contributed by atoms with Crippen LogP contribution in [0.25, 0.3) is 0 Å². The number of carbonyl (C=O) groups excluding carboxylic acids is 2. The number of carbonyl (C=O) groups is 2. The van der Waals surface area contributed by atoms with Crippen molar-refractivity contribution in [3.63, 3.8) is 0 Å². The van der Waals surface area contributed by atoms with Gasteiger partial charge in [-0.2, -0.15) is 18.4 Å². The molecular weight excluding hydrogens is 605 g/mol. The van der Waals surface area contributed by atoms with Gasteiger partial charge in [0.1, 0.15) is 17.3 Å². The van der Waals surface area contributed by atoms with Gasteiger partial charge in [0.2, 0.25) is 0 Å². The van der Waals surface area contributed by atoms with E-state index in [0.717, 1.165) is 60.7 Å². The number of hydrogen-bond acceptors (Lipinski definition) is 7. The fourth-order valence-corrected chi connectivity index (χ4v) is 6.48. The van der Waals surface area contributed by atoms with Crippen LogP contribution < -0.4 is 14.5 Å². The largest absolute Gasteiger partial charge is 0.493 e. The molecule has 2 heterocycles. The number of esters is 1. The topological polar surface area (TPSA) is 86.1 Å². The van der Waals surface area contributed by atoms with E-state index < -0.39 is 28.7 Å². The van der Waals surface area contributed by atoms with Gasteiger partial charge < -0.3 is 14.4 Å². The first-order valence-corrected chi connectivity index (χ1v) is 15.6. The lowest BCUT2D eigenvalue weighted by Gasteiger charge is -2.34. The Morgan fingerprint density at radius 2 is 1.80 bits per heavy atom. The van der Waals surface area contributed by atoms with E-state index >= 15 is 0 Å². The molecule has 0 aromatic heterocycles. The highest BCUT2D eigenvalue weighted by atomic mass is 32.1. The summed E-state index contributed by atoms with van der Waals surface area (Å²) in [6, 6.07) is 10.0. The van der Waals surface area contributed by atoms with Gasteiger partial charge in [-0.15, -0.1) is 0 Å². The number of benzene rings is 2. The van der Waals surface area contributed by atoms with Gasteiger partial charge >= 0.3 is 12.1 Å². The maximum atomic E-state index is 13.7. The van der Waals surface area contributed by atoms with Crippen LogP contribution in [0.4, 0.5) is 24.5 Å². The number of halogens is 3. The molecule has 4 rings (SSSR count). The molecule has 2 aliphatic heterocycles. The summed E-state index contributed by atoms with van der Waals surface area (Å²) in [5.41, 5.74) is -1.36. The van der Waals surface area contributed by atoms with Gasteiger partial charge in [0, 0.05) is 5.69 Å². The fraction of sp³-hybridized carbons (Fsp3) is 0.515. The van der Waals surface area contributed by atoms with Crippen molar-refractivity contribution in [2.24, 2.45) is 5.92 Å². The second-order valence-corrected chi connectivity index (χ2v) is 12.2. The lowest BCUT2D eigenvalue weighted by Crippen LogP contribution is -2.44. The molecule has 0 spiro atoms. The van der Waals surface area contributed by atoms with E-state index in [1.54, 1.807) is 30.9 Å². The summed E-state index contributed by atoms with van der Waals surface area (Å²) in [7, 11) is 0. The summed E-state index contributed by atoms with van der Waals surface area (Å²) in [5, 5.41) is 9.22. The normalized spacial score (nSPS) is 18.2. The molecule has 1 amide bonds. The van der Waals surface area contributed by atoms with Gasteiger partial charge in [-0.3, -0.25) is 19.4 Å². The minimum absolute atomic E-state index is 0.0437. The monoisotopic (exact) mass is 644 g/mol. The third kappa shape index (κ3) is 7.10. The minimum Gasteiger partial charge on any atom is -0.493 e. The van der Waals surface area contributed by atoms with Crippen molar-refractivity contribution in [1.29, 1.82) is 5.26 Å². The number of aryl methyl sites for hydroxylation is 1. The summed E-state index contributed by atoms with van der Waals surface area (Å²) in [4.78, 5) is 30.6. The SMILES string of the molecule is CCOC(=O)C(C)N1CCC(CCOc2ccc(N3C(=S)N(c4ccc(C#N)c(C(F)(F)F)c4)C(=O)C3(C)C)cc2CC)CC1. The molecule has 2 aromatic carbocycles. The second kappa shape index (κ2) is 13.7. The van der Waals surface area contributed by atoms with Gasteiger partial charge in [0.25, 0.3) is 5.91 Å². The Morgan fingerprint density at radius 3 is 2.40 bits per heavy atom. The average Bonchev–Trinajstić information content (AvgIpc) is 3.19. The predicted molar refractivity (Wildman–Crippen MR) is 169 cm³/mol. The Balaban J connectivity index is 1.45. The molecule has 45 heavy (non-hydrogen) atoms. The van der Waals surface area contributed by atoms with Gasteiger partial charge in [-0.05, 0) is 127 Å². The highest BCUT2D eigenvalue weighted by molar-refractivity contribution is 7.81.